The van der Waals surface area contributed by atoms with Crippen LogP contribution in [0.1, 0.15) is 16.7 Å². The van der Waals surface area contributed by atoms with Gasteiger partial charge < -0.3 is 5.11 Å². The maximum absolute atomic E-state index is 10.7. The monoisotopic (exact) mass is 338 g/mol. The van der Waals surface area contributed by atoms with E-state index in [2.05, 4.69) is 36.9 Å². The molecular weight excluding hydrogens is 319 g/mol. The van der Waals surface area contributed by atoms with E-state index in [1.165, 1.54) is 16.4 Å². The molecule has 0 fully saturated rings. The molecule has 0 radical (unpaired) electrons. The smallest absolute Gasteiger partial charge is 0.126 e. The number of thiol groups is 1. The third kappa shape index (κ3) is 3.96. The van der Waals surface area contributed by atoms with Crippen LogP contribution in [0.5, 0.6) is 5.75 Å². The second kappa shape index (κ2) is 7.68. The highest BCUT2D eigenvalue weighted by Crippen LogP contribution is 2.25. The summed E-state index contributed by atoms with van der Waals surface area (Å²) >= 11 is 4.40. The summed E-state index contributed by atoms with van der Waals surface area (Å²) in [5.41, 5.74) is 3.41. The summed E-state index contributed by atoms with van der Waals surface area (Å²) < 4.78 is 0. The molecule has 3 aromatic carbocycles. The van der Waals surface area contributed by atoms with Crippen LogP contribution in [0.25, 0.3) is 0 Å². The van der Waals surface area contributed by atoms with Gasteiger partial charge in [-0.05, 0) is 22.0 Å². The topological polar surface area (TPSA) is 20.2 Å². The fraction of sp³-hybridized carbons (Fsp3) is 0.100. The lowest BCUT2D eigenvalue weighted by atomic mass is 10.0. The van der Waals surface area contributed by atoms with Crippen LogP contribution in [0.3, 0.4) is 0 Å². The second-order valence-electron chi connectivity index (χ2n) is 5.42. The van der Waals surface area contributed by atoms with Crippen molar-refractivity contribution in [2.75, 3.05) is 0 Å². The first-order valence-corrected chi connectivity index (χ1v) is 9.22. The molecule has 0 aliphatic rings. The summed E-state index contributed by atoms with van der Waals surface area (Å²) in [5, 5.41) is 12.9. The van der Waals surface area contributed by atoms with Crippen molar-refractivity contribution in [1.82, 2.24) is 0 Å². The molecule has 3 rings (SSSR count). The van der Waals surface area contributed by atoms with E-state index in [9.17, 15) is 5.11 Å². The van der Waals surface area contributed by atoms with E-state index in [-0.39, 0.29) is 0 Å². The SMILES string of the molecule is Oc1c(Cc2ccccc2)cccc1Pc1ccccc1CS. The molecule has 0 saturated heterocycles. The van der Waals surface area contributed by atoms with Gasteiger partial charge in [0.05, 0.1) is 0 Å². The fourth-order valence-corrected chi connectivity index (χ4v) is 4.26. The summed E-state index contributed by atoms with van der Waals surface area (Å²) in [6, 6.07) is 24.6. The van der Waals surface area contributed by atoms with Crippen molar-refractivity contribution < 1.29 is 5.11 Å². The first-order chi connectivity index (χ1) is 11.3. The first-order valence-electron chi connectivity index (χ1n) is 7.58. The molecule has 0 aromatic heterocycles. The van der Waals surface area contributed by atoms with E-state index in [0.29, 0.717) is 20.1 Å². The van der Waals surface area contributed by atoms with Gasteiger partial charge in [-0.2, -0.15) is 12.6 Å². The van der Waals surface area contributed by atoms with Crippen molar-refractivity contribution in [3.05, 3.63) is 89.5 Å². The largest absolute Gasteiger partial charge is 0.507 e. The molecule has 0 heterocycles. The summed E-state index contributed by atoms with van der Waals surface area (Å²) in [6.07, 6.45) is 0.749. The van der Waals surface area contributed by atoms with Gasteiger partial charge in [0.15, 0.2) is 0 Å². The molecule has 3 aromatic rings. The quantitative estimate of drug-likeness (QED) is 0.531. The lowest BCUT2D eigenvalue weighted by molar-refractivity contribution is 0.474. The predicted molar refractivity (Wildman–Crippen MR) is 104 cm³/mol. The van der Waals surface area contributed by atoms with Crippen molar-refractivity contribution in [2.45, 2.75) is 12.2 Å². The zero-order valence-electron chi connectivity index (χ0n) is 12.7. The van der Waals surface area contributed by atoms with Crippen LogP contribution >= 0.6 is 21.2 Å². The van der Waals surface area contributed by atoms with Crippen LogP contribution in [0, 0.1) is 0 Å². The molecule has 1 nitrogen and oxygen atoms in total. The van der Waals surface area contributed by atoms with Crippen molar-refractivity contribution in [2.24, 2.45) is 0 Å². The fourth-order valence-electron chi connectivity index (χ4n) is 2.58. The number of hydrogen-bond acceptors (Lipinski definition) is 2. The Morgan fingerprint density at radius 1 is 0.739 bits per heavy atom. The van der Waals surface area contributed by atoms with E-state index >= 15 is 0 Å². The Bertz CT molecular complexity index is 787. The normalized spacial score (nSPS) is 11.2. The summed E-state index contributed by atoms with van der Waals surface area (Å²) in [5.74, 6) is 1.14. The van der Waals surface area contributed by atoms with E-state index in [4.69, 9.17) is 0 Å². The molecule has 0 amide bonds. The molecule has 0 aliphatic carbocycles. The van der Waals surface area contributed by atoms with Crippen molar-refractivity contribution >= 4 is 31.8 Å². The summed E-state index contributed by atoms with van der Waals surface area (Å²) in [4.78, 5) is 0. The highest BCUT2D eigenvalue weighted by atomic mass is 32.1. The zero-order chi connectivity index (χ0) is 16.1. The Morgan fingerprint density at radius 3 is 2.17 bits per heavy atom. The number of para-hydroxylation sites is 1. The van der Waals surface area contributed by atoms with E-state index in [1.807, 2.05) is 48.5 Å². The lowest BCUT2D eigenvalue weighted by Crippen LogP contribution is -2.09. The minimum absolute atomic E-state index is 0.420. The van der Waals surface area contributed by atoms with Gasteiger partial charge in [0.25, 0.3) is 0 Å². The number of phenolic OH excluding ortho intramolecular Hbond substituents is 1. The third-order valence-corrected chi connectivity index (χ3v) is 5.58. The van der Waals surface area contributed by atoms with Gasteiger partial charge in [-0.3, -0.25) is 0 Å². The Morgan fingerprint density at radius 2 is 1.39 bits per heavy atom. The number of aromatic hydroxyl groups is 1. The van der Waals surface area contributed by atoms with Gasteiger partial charge in [-0.15, -0.1) is 0 Å². The standard InChI is InChI=1S/C20H19OPS/c21-20-16(13-15-7-2-1-3-8-15)10-6-12-19(20)22-18-11-5-4-9-17(18)14-23/h1-12,21-23H,13-14H2. The molecule has 23 heavy (non-hydrogen) atoms. The van der Waals surface area contributed by atoms with Gasteiger partial charge >= 0.3 is 0 Å². The zero-order valence-corrected chi connectivity index (χ0v) is 14.6. The van der Waals surface area contributed by atoms with Crippen LogP contribution in [-0.2, 0) is 12.2 Å². The number of rotatable bonds is 5. The summed E-state index contributed by atoms with van der Waals surface area (Å²) in [7, 11) is 0.439. The Hall–Kier alpha value is -1.76. The number of hydrogen-bond donors (Lipinski definition) is 2. The average Bonchev–Trinajstić information content (AvgIpc) is 2.60. The molecule has 0 spiro atoms. The van der Waals surface area contributed by atoms with Crippen LogP contribution < -0.4 is 10.6 Å². The molecule has 0 saturated carbocycles. The third-order valence-electron chi connectivity index (χ3n) is 3.81. The van der Waals surface area contributed by atoms with Crippen molar-refractivity contribution in [1.29, 1.82) is 0 Å². The maximum Gasteiger partial charge on any atom is 0.126 e. The molecule has 0 bridgehead atoms. The lowest BCUT2D eigenvalue weighted by Gasteiger charge is -2.12. The molecule has 116 valence electrons. The van der Waals surface area contributed by atoms with Crippen molar-refractivity contribution in [3.8, 4) is 5.75 Å². The molecule has 1 N–H and O–H groups in total. The van der Waals surface area contributed by atoms with Gasteiger partial charge in [0.2, 0.25) is 0 Å². The molecule has 0 aliphatic heterocycles. The Labute approximate surface area is 144 Å². The van der Waals surface area contributed by atoms with Crippen LogP contribution in [0.15, 0.2) is 72.8 Å². The molecule has 3 heteroatoms. The summed E-state index contributed by atoms with van der Waals surface area (Å²) in [6.45, 7) is 0. The van der Waals surface area contributed by atoms with E-state index < -0.39 is 0 Å². The second-order valence-corrected chi connectivity index (χ2v) is 7.06. The number of benzene rings is 3. The molecular formula is C20H19OPS. The first kappa shape index (κ1) is 16.1. The van der Waals surface area contributed by atoms with E-state index in [0.717, 1.165) is 17.3 Å². The highest BCUT2D eigenvalue weighted by molar-refractivity contribution is 7.79. The van der Waals surface area contributed by atoms with Gasteiger partial charge in [0.1, 0.15) is 5.75 Å². The van der Waals surface area contributed by atoms with Gasteiger partial charge in [-0.1, -0.05) is 81.4 Å². The number of phenols is 1. The highest BCUT2D eigenvalue weighted by Gasteiger charge is 2.10. The molecule has 1 atom stereocenters. The van der Waals surface area contributed by atoms with Crippen LogP contribution in [0.2, 0.25) is 0 Å². The minimum Gasteiger partial charge on any atom is -0.507 e. The minimum atomic E-state index is 0.420. The average molecular weight is 338 g/mol. The van der Waals surface area contributed by atoms with Crippen LogP contribution in [0.4, 0.5) is 0 Å². The van der Waals surface area contributed by atoms with Gasteiger partial charge in [0, 0.05) is 17.5 Å². The Balaban J connectivity index is 1.88. The van der Waals surface area contributed by atoms with E-state index in [1.54, 1.807) is 0 Å². The molecule has 1 unspecified atom stereocenters. The van der Waals surface area contributed by atoms with Crippen molar-refractivity contribution in [3.63, 3.8) is 0 Å². The maximum atomic E-state index is 10.7. The van der Waals surface area contributed by atoms with Gasteiger partial charge in [-0.25, -0.2) is 0 Å². The van der Waals surface area contributed by atoms with Crippen LogP contribution in [-0.4, -0.2) is 5.11 Å². The Kier molecular flexibility index (Phi) is 5.38. The predicted octanol–water partition coefficient (Wildman–Crippen LogP) is 4.04.